The highest BCUT2D eigenvalue weighted by atomic mass is 35.5. The summed E-state index contributed by atoms with van der Waals surface area (Å²) in [5, 5.41) is 17.7. The molecule has 3 aromatic carbocycles. The Morgan fingerprint density at radius 3 is 2.38 bits per heavy atom. The number of nitro benzene ring substituents is 1. The van der Waals surface area contributed by atoms with Gasteiger partial charge in [0.15, 0.2) is 5.76 Å². The van der Waals surface area contributed by atoms with E-state index in [4.69, 9.17) is 16.0 Å². The zero-order valence-electron chi connectivity index (χ0n) is 20.4. The minimum absolute atomic E-state index is 0.00255. The highest BCUT2D eigenvalue weighted by Crippen LogP contribution is 2.31. The molecule has 2 aromatic heterocycles. The second-order valence-electron chi connectivity index (χ2n) is 8.49. The van der Waals surface area contributed by atoms with Gasteiger partial charge in [-0.05, 0) is 61.5 Å². The lowest BCUT2D eigenvalue weighted by atomic mass is 10.1. The van der Waals surface area contributed by atoms with Crippen LogP contribution in [0.3, 0.4) is 0 Å². The van der Waals surface area contributed by atoms with Crippen LogP contribution in [0.15, 0.2) is 94.1 Å². The van der Waals surface area contributed by atoms with E-state index >= 15 is 0 Å². The number of furan rings is 1. The van der Waals surface area contributed by atoms with Crippen molar-refractivity contribution in [1.82, 2.24) is 9.97 Å². The number of nitrogens with zero attached hydrogens (tertiary/aromatic N) is 2. The first-order valence-corrected chi connectivity index (χ1v) is 12.1. The number of nitrogens with one attached hydrogen (secondary N) is 3. The smallest absolute Gasteiger partial charge is 0.291 e. The Kier molecular flexibility index (Phi) is 6.94. The predicted molar refractivity (Wildman–Crippen MR) is 149 cm³/mol. The molecular formula is C28H20ClN5O5. The van der Waals surface area contributed by atoms with Gasteiger partial charge in [-0.2, -0.15) is 0 Å². The molecule has 5 aromatic rings. The van der Waals surface area contributed by atoms with E-state index in [0.717, 1.165) is 0 Å². The van der Waals surface area contributed by atoms with Crippen LogP contribution in [-0.2, 0) is 0 Å². The van der Waals surface area contributed by atoms with Gasteiger partial charge in [0.25, 0.3) is 17.2 Å². The zero-order valence-corrected chi connectivity index (χ0v) is 21.2. The van der Waals surface area contributed by atoms with Crippen LogP contribution < -0.4 is 16.2 Å². The number of para-hydroxylation sites is 1. The van der Waals surface area contributed by atoms with Crippen molar-refractivity contribution in [2.24, 2.45) is 0 Å². The lowest BCUT2D eigenvalue weighted by molar-refractivity contribution is -0.384. The van der Waals surface area contributed by atoms with Gasteiger partial charge in [-0.3, -0.25) is 24.7 Å². The molecule has 10 nitrogen and oxygen atoms in total. The highest BCUT2D eigenvalue weighted by Gasteiger charge is 2.19. The number of hydrogen-bond acceptors (Lipinski definition) is 7. The van der Waals surface area contributed by atoms with Crippen molar-refractivity contribution in [2.45, 2.75) is 6.92 Å². The summed E-state index contributed by atoms with van der Waals surface area (Å²) in [6, 6.07) is 22.9. The summed E-state index contributed by atoms with van der Waals surface area (Å²) in [6.45, 7) is 1.68. The minimum atomic E-state index is -0.521. The Morgan fingerprint density at radius 1 is 0.974 bits per heavy atom. The van der Waals surface area contributed by atoms with Gasteiger partial charge in [0.05, 0.1) is 16.2 Å². The SMILES string of the molecule is Cc1c(-c2ccc(NC(=O)c3ccc(-c4ccccc4[N+](=O)[O-])o3)cc2)nc(Nc2ccc(Cl)cc2)[nH]c1=O. The zero-order chi connectivity index (χ0) is 27.5. The monoisotopic (exact) mass is 541 g/mol. The third kappa shape index (κ3) is 5.55. The summed E-state index contributed by atoms with van der Waals surface area (Å²) >= 11 is 5.93. The maximum absolute atomic E-state index is 12.8. The minimum Gasteiger partial charge on any atom is -0.451 e. The molecule has 194 valence electrons. The average Bonchev–Trinajstić information content (AvgIpc) is 3.43. The maximum Gasteiger partial charge on any atom is 0.291 e. The average molecular weight is 542 g/mol. The van der Waals surface area contributed by atoms with E-state index in [2.05, 4.69) is 20.6 Å². The molecule has 0 aliphatic heterocycles. The first-order chi connectivity index (χ1) is 18.8. The van der Waals surface area contributed by atoms with E-state index in [1.54, 1.807) is 73.7 Å². The van der Waals surface area contributed by atoms with Crippen LogP contribution in [0.25, 0.3) is 22.6 Å². The molecule has 0 spiro atoms. The summed E-state index contributed by atoms with van der Waals surface area (Å²) in [4.78, 5) is 43.4. The molecule has 0 aliphatic carbocycles. The number of aromatic amines is 1. The van der Waals surface area contributed by atoms with E-state index in [0.29, 0.717) is 33.2 Å². The Hall–Kier alpha value is -5.22. The van der Waals surface area contributed by atoms with Gasteiger partial charge >= 0.3 is 0 Å². The van der Waals surface area contributed by atoms with Gasteiger partial charge in [-0.1, -0.05) is 35.9 Å². The number of nitro groups is 1. The lowest BCUT2D eigenvalue weighted by Gasteiger charge is -2.11. The molecule has 0 unspecified atom stereocenters. The first-order valence-electron chi connectivity index (χ1n) is 11.7. The molecule has 0 saturated heterocycles. The second-order valence-corrected chi connectivity index (χ2v) is 8.93. The molecule has 0 bridgehead atoms. The first kappa shape index (κ1) is 25.4. The number of carbonyl (C=O) groups excluding carboxylic acids is 1. The molecule has 11 heteroatoms. The molecular weight excluding hydrogens is 522 g/mol. The van der Waals surface area contributed by atoms with Gasteiger partial charge in [-0.25, -0.2) is 4.98 Å². The summed E-state index contributed by atoms with van der Waals surface area (Å²) < 4.78 is 5.61. The van der Waals surface area contributed by atoms with Gasteiger partial charge < -0.3 is 15.1 Å². The van der Waals surface area contributed by atoms with Crippen molar-refractivity contribution in [3.05, 3.63) is 122 Å². The molecule has 0 saturated carbocycles. The largest absolute Gasteiger partial charge is 0.451 e. The summed E-state index contributed by atoms with van der Waals surface area (Å²) in [7, 11) is 0. The summed E-state index contributed by atoms with van der Waals surface area (Å²) in [5.41, 5.74) is 2.64. The summed E-state index contributed by atoms with van der Waals surface area (Å²) in [6.07, 6.45) is 0. The Morgan fingerprint density at radius 2 is 1.67 bits per heavy atom. The number of aromatic nitrogens is 2. The Labute approximate surface area is 226 Å². The van der Waals surface area contributed by atoms with Crippen LogP contribution >= 0.6 is 11.6 Å². The van der Waals surface area contributed by atoms with Gasteiger partial charge in [-0.15, -0.1) is 0 Å². The number of H-pyrrole nitrogens is 1. The second kappa shape index (κ2) is 10.6. The Balaban J connectivity index is 1.33. The number of carbonyl (C=O) groups is 1. The lowest BCUT2D eigenvalue weighted by Crippen LogP contribution is -2.15. The third-order valence-corrected chi connectivity index (χ3v) is 6.12. The van der Waals surface area contributed by atoms with Crippen LogP contribution in [-0.4, -0.2) is 20.8 Å². The predicted octanol–water partition coefficient (Wildman–Crippen LogP) is 6.56. The molecule has 2 heterocycles. The number of benzene rings is 3. The number of amides is 1. The highest BCUT2D eigenvalue weighted by molar-refractivity contribution is 6.30. The van der Waals surface area contributed by atoms with Crippen molar-refractivity contribution in [1.29, 1.82) is 0 Å². The molecule has 0 atom stereocenters. The number of hydrogen-bond donors (Lipinski definition) is 3. The molecule has 1 amide bonds. The fourth-order valence-electron chi connectivity index (χ4n) is 3.89. The fourth-order valence-corrected chi connectivity index (χ4v) is 4.02. The summed E-state index contributed by atoms with van der Waals surface area (Å²) in [5.74, 6) is -0.0426. The van der Waals surface area contributed by atoms with Crippen molar-refractivity contribution >= 4 is 40.5 Å². The standard InChI is InChI=1S/C28H20ClN5O5/c1-16-25(32-28(33-26(16)35)31-20-12-8-18(29)9-13-20)17-6-10-19(11-7-17)30-27(36)24-15-14-23(39-24)21-4-2-3-5-22(21)34(37)38/h2-15H,1H3,(H,30,36)(H2,31,32,33,35). The van der Waals surface area contributed by atoms with Gasteiger partial charge in [0.2, 0.25) is 5.95 Å². The van der Waals surface area contributed by atoms with Crippen LogP contribution in [0.5, 0.6) is 0 Å². The molecule has 3 N–H and O–H groups in total. The van der Waals surface area contributed by atoms with Crippen LogP contribution in [0.1, 0.15) is 16.1 Å². The van der Waals surface area contributed by atoms with Crippen LogP contribution in [0.4, 0.5) is 23.0 Å². The molecule has 5 rings (SSSR count). The Bertz CT molecular complexity index is 1740. The van der Waals surface area contributed by atoms with E-state index < -0.39 is 10.8 Å². The number of halogens is 1. The third-order valence-electron chi connectivity index (χ3n) is 5.87. The van der Waals surface area contributed by atoms with Crippen molar-refractivity contribution in [3.63, 3.8) is 0 Å². The van der Waals surface area contributed by atoms with E-state index in [1.807, 2.05) is 0 Å². The fraction of sp³-hybridized carbons (Fsp3) is 0.0357. The van der Waals surface area contributed by atoms with E-state index in [-0.39, 0.29) is 34.3 Å². The number of rotatable bonds is 7. The quantitative estimate of drug-likeness (QED) is 0.156. The van der Waals surface area contributed by atoms with E-state index in [1.165, 1.54) is 18.2 Å². The normalized spacial score (nSPS) is 10.7. The van der Waals surface area contributed by atoms with Crippen molar-refractivity contribution < 1.29 is 14.1 Å². The van der Waals surface area contributed by atoms with Crippen LogP contribution in [0.2, 0.25) is 5.02 Å². The van der Waals surface area contributed by atoms with Gasteiger partial charge in [0, 0.05) is 33.6 Å². The van der Waals surface area contributed by atoms with Gasteiger partial charge in [0.1, 0.15) is 5.76 Å². The molecule has 39 heavy (non-hydrogen) atoms. The number of anilines is 3. The van der Waals surface area contributed by atoms with Crippen molar-refractivity contribution in [3.8, 4) is 22.6 Å². The molecule has 0 fully saturated rings. The van der Waals surface area contributed by atoms with E-state index in [9.17, 15) is 19.7 Å². The maximum atomic E-state index is 12.8. The van der Waals surface area contributed by atoms with Crippen molar-refractivity contribution in [2.75, 3.05) is 10.6 Å². The van der Waals surface area contributed by atoms with Crippen LogP contribution in [0, 0.1) is 17.0 Å². The molecule has 0 radical (unpaired) electrons. The molecule has 0 aliphatic rings. The topological polar surface area (TPSA) is 143 Å².